The summed E-state index contributed by atoms with van der Waals surface area (Å²) in [5, 5.41) is 16.6. The van der Waals surface area contributed by atoms with Gasteiger partial charge in [0.25, 0.3) is 0 Å². The van der Waals surface area contributed by atoms with Gasteiger partial charge in [-0.1, -0.05) is 17.7 Å². The van der Waals surface area contributed by atoms with E-state index in [1.807, 2.05) is 12.1 Å². The molecule has 0 unspecified atom stereocenters. The number of fused-ring (bicyclic) bond motifs is 1. The maximum Gasteiger partial charge on any atom is 0.358 e. The van der Waals surface area contributed by atoms with Crippen LogP contribution in [0.25, 0.3) is 10.8 Å². The van der Waals surface area contributed by atoms with Crippen LogP contribution < -0.4 is 0 Å². The van der Waals surface area contributed by atoms with Crippen LogP contribution in [0.3, 0.4) is 0 Å². The summed E-state index contributed by atoms with van der Waals surface area (Å²) in [6, 6.07) is 10.9. The summed E-state index contributed by atoms with van der Waals surface area (Å²) in [4.78, 5) is 11.5. The molecule has 6 heteroatoms. The Morgan fingerprint density at radius 2 is 2.04 bits per heavy atom. The Kier molecular flexibility index (Phi) is 4.44. The molecule has 124 valence electrons. The van der Waals surface area contributed by atoms with E-state index in [0.717, 1.165) is 22.0 Å². The average Bonchev–Trinajstić information content (AvgIpc) is 2.92. The molecule has 0 atom stereocenters. The zero-order chi connectivity index (χ0) is 17.3. The summed E-state index contributed by atoms with van der Waals surface area (Å²) in [6.07, 6.45) is 1.39. The van der Waals surface area contributed by atoms with Gasteiger partial charge in [-0.15, -0.1) is 0 Å². The zero-order valence-corrected chi connectivity index (χ0v) is 14.2. The first-order chi connectivity index (χ1) is 11.5. The van der Waals surface area contributed by atoms with Crippen molar-refractivity contribution in [3.8, 4) is 5.75 Å². The van der Waals surface area contributed by atoms with Crippen molar-refractivity contribution in [3.63, 3.8) is 0 Å². The minimum atomic E-state index is -0.449. The molecule has 5 nitrogen and oxygen atoms in total. The summed E-state index contributed by atoms with van der Waals surface area (Å²) in [7, 11) is 3.12. The highest BCUT2D eigenvalue weighted by molar-refractivity contribution is 6.31. The number of hydrogen-bond donors (Lipinski definition) is 1. The van der Waals surface area contributed by atoms with Gasteiger partial charge in [-0.3, -0.25) is 4.68 Å². The predicted octanol–water partition coefficient (Wildman–Crippen LogP) is 3.50. The number of benzene rings is 2. The van der Waals surface area contributed by atoms with Crippen LogP contribution in [0, 0.1) is 0 Å². The lowest BCUT2D eigenvalue weighted by Gasteiger charge is -2.07. The SMILES string of the molecule is COC(=O)c1cc(CCc2cc(O)c3ccc(Cl)cc3c2)n(C)n1. The van der Waals surface area contributed by atoms with Gasteiger partial charge in [-0.25, -0.2) is 4.79 Å². The second-order valence-corrected chi connectivity index (χ2v) is 6.05. The average molecular weight is 345 g/mol. The number of aromatic nitrogens is 2. The lowest BCUT2D eigenvalue weighted by Crippen LogP contribution is -2.03. The van der Waals surface area contributed by atoms with Crippen molar-refractivity contribution >= 4 is 28.3 Å². The van der Waals surface area contributed by atoms with Crippen molar-refractivity contribution in [1.82, 2.24) is 9.78 Å². The molecule has 0 aliphatic rings. The Balaban J connectivity index is 1.83. The first-order valence-corrected chi connectivity index (χ1v) is 7.88. The van der Waals surface area contributed by atoms with Crippen LogP contribution in [0.1, 0.15) is 21.7 Å². The number of phenolic OH excluding ortho intramolecular Hbond substituents is 1. The van der Waals surface area contributed by atoms with Gasteiger partial charge in [0, 0.05) is 23.2 Å². The summed E-state index contributed by atoms with van der Waals surface area (Å²) >= 11 is 6.03. The van der Waals surface area contributed by atoms with E-state index in [4.69, 9.17) is 11.6 Å². The van der Waals surface area contributed by atoms with Gasteiger partial charge in [0.1, 0.15) is 5.75 Å². The lowest BCUT2D eigenvalue weighted by molar-refractivity contribution is 0.0593. The summed E-state index contributed by atoms with van der Waals surface area (Å²) in [6.45, 7) is 0. The van der Waals surface area contributed by atoms with E-state index >= 15 is 0 Å². The van der Waals surface area contributed by atoms with Gasteiger partial charge in [0.2, 0.25) is 0 Å². The molecule has 0 amide bonds. The number of aryl methyl sites for hydroxylation is 3. The maximum absolute atomic E-state index is 11.5. The highest BCUT2D eigenvalue weighted by atomic mass is 35.5. The largest absolute Gasteiger partial charge is 0.507 e. The van der Waals surface area contributed by atoms with E-state index < -0.39 is 5.97 Å². The van der Waals surface area contributed by atoms with Crippen molar-refractivity contribution in [2.45, 2.75) is 12.8 Å². The van der Waals surface area contributed by atoms with Crippen molar-refractivity contribution in [3.05, 3.63) is 58.4 Å². The normalized spacial score (nSPS) is 11.0. The van der Waals surface area contributed by atoms with Gasteiger partial charge in [0.05, 0.1) is 7.11 Å². The van der Waals surface area contributed by atoms with Crippen LogP contribution in [0.5, 0.6) is 5.75 Å². The van der Waals surface area contributed by atoms with Crippen LogP contribution in [0.15, 0.2) is 36.4 Å². The second kappa shape index (κ2) is 6.53. The third kappa shape index (κ3) is 3.21. The molecule has 24 heavy (non-hydrogen) atoms. The van der Waals surface area contributed by atoms with E-state index in [2.05, 4.69) is 9.84 Å². The summed E-state index contributed by atoms with van der Waals surface area (Å²) < 4.78 is 6.35. The fraction of sp³-hybridized carbons (Fsp3) is 0.222. The number of phenols is 1. The topological polar surface area (TPSA) is 64.3 Å². The minimum Gasteiger partial charge on any atom is -0.507 e. The summed E-state index contributed by atoms with van der Waals surface area (Å²) in [5.41, 5.74) is 2.20. The Morgan fingerprint density at radius 3 is 2.79 bits per heavy atom. The molecular weight excluding hydrogens is 328 g/mol. The maximum atomic E-state index is 11.5. The first-order valence-electron chi connectivity index (χ1n) is 7.50. The number of ether oxygens (including phenoxy) is 1. The van der Waals surface area contributed by atoms with E-state index in [0.29, 0.717) is 23.6 Å². The number of esters is 1. The molecule has 3 aromatic rings. The van der Waals surface area contributed by atoms with Gasteiger partial charge in [-0.2, -0.15) is 5.10 Å². The molecule has 1 aromatic heterocycles. The molecule has 0 fully saturated rings. The zero-order valence-electron chi connectivity index (χ0n) is 13.4. The van der Waals surface area contributed by atoms with E-state index in [1.165, 1.54) is 7.11 Å². The number of nitrogens with zero attached hydrogens (tertiary/aromatic N) is 2. The molecule has 0 spiro atoms. The Hall–Kier alpha value is -2.53. The molecule has 1 N–H and O–H groups in total. The highest BCUT2D eigenvalue weighted by Gasteiger charge is 2.13. The van der Waals surface area contributed by atoms with Crippen LogP contribution >= 0.6 is 11.6 Å². The van der Waals surface area contributed by atoms with Gasteiger partial charge >= 0.3 is 5.97 Å². The van der Waals surface area contributed by atoms with Crippen LogP contribution in [-0.2, 0) is 24.6 Å². The van der Waals surface area contributed by atoms with Crippen molar-refractivity contribution < 1.29 is 14.6 Å². The smallest absolute Gasteiger partial charge is 0.358 e. The molecule has 0 bridgehead atoms. The third-order valence-corrected chi connectivity index (χ3v) is 4.23. The number of methoxy groups -OCH3 is 1. The molecule has 3 rings (SSSR count). The van der Waals surface area contributed by atoms with Crippen LogP contribution in [0.4, 0.5) is 0 Å². The molecule has 2 aromatic carbocycles. The lowest BCUT2D eigenvalue weighted by atomic mass is 10.0. The van der Waals surface area contributed by atoms with Gasteiger partial charge < -0.3 is 9.84 Å². The quantitative estimate of drug-likeness (QED) is 0.736. The fourth-order valence-corrected chi connectivity index (χ4v) is 2.92. The molecule has 0 aliphatic heterocycles. The number of rotatable bonds is 4. The van der Waals surface area contributed by atoms with E-state index in [9.17, 15) is 9.90 Å². The standard InChI is InChI=1S/C18H17ClN2O3/c1-21-14(10-16(20-21)18(23)24-2)5-3-11-7-12-9-13(19)4-6-15(12)17(22)8-11/h4,6-10,22H,3,5H2,1-2H3. The molecule has 0 saturated carbocycles. The summed E-state index contributed by atoms with van der Waals surface area (Å²) in [5.74, 6) is -0.214. The number of carbonyl (C=O) groups is 1. The predicted molar refractivity (Wildman–Crippen MR) is 92.6 cm³/mol. The van der Waals surface area contributed by atoms with E-state index in [1.54, 1.807) is 36.0 Å². The Labute approximate surface area is 144 Å². The number of aromatic hydroxyl groups is 1. The van der Waals surface area contributed by atoms with Crippen LogP contribution in [-0.4, -0.2) is 28.0 Å². The first kappa shape index (κ1) is 16.3. The number of carbonyl (C=O) groups excluding carboxylic acids is 1. The van der Waals surface area contributed by atoms with Crippen molar-refractivity contribution in [2.24, 2.45) is 7.05 Å². The fourth-order valence-electron chi connectivity index (χ4n) is 2.74. The number of hydrogen-bond acceptors (Lipinski definition) is 4. The monoisotopic (exact) mass is 344 g/mol. The van der Waals surface area contributed by atoms with E-state index in [-0.39, 0.29) is 5.75 Å². The highest BCUT2D eigenvalue weighted by Crippen LogP contribution is 2.29. The number of halogens is 1. The minimum absolute atomic E-state index is 0.236. The molecule has 0 saturated heterocycles. The molecule has 1 heterocycles. The third-order valence-electron chi connectivity index (χ3n) is 3.99. The second-order valence-electron chi connectivity index (χ2n) is 5.62. The Morgan fingerprint density at radius 1 is 1.25 bits per heavy atom. The molecule has 0 radical (unpaired) electrons. The van der Waals surface area contributed by atoms with Crippen LogP contribution in [0.2, 0.25) is 5.02 Å². The van der Waals surface area contributed by atoms with Gasteiger partial charge in [0.15, 0.2) is 5.69 Å². The Bertz CT molecular complexity index is 918. The molecular formula is C18H17ClN2O3. The van der Waals surface area contributed by atoms with Crippen molar-refractivity contribution in [1.29, 1.82) is 0 Å². The molecule has 0 aliphatic carbocycles. The van der Waals surface area contributed by atoms with Crippen molar-refractivity contribution in [2.75, 3.05) is 7.11 Å². The van der Waals surface area contributed by atoms with Gasteiger partial charge in [-0.05, 0) is 54.1 Å².